The maximum atomic E-state index is 5.57. The van der Waals surface area contributed by atoms with Crippen LogP contribution in [0, 0.1) is 6.92 Å². The van der Waals surface area contributed by atoms with Crippen LogP contribution in [-0.2, 0) is 0 Å². The number of nitrogens with two attached hydrogens (primary N) is 3. The number of hydrogen-bond donors (Lipinski definition) is 3. The van der Waals surface area contributed by atoms with Crippen molar-refractivity contribution in [2.75, 3.05) is 0 Å². The van der Waals surface area contributed by atoms with Crippen LogP contribution in [0.5, 0.6) is 0 Å². The van der Waals surface area contributed by atoms with Crippen molar-refractivity contribution in [1.82, 2.24) is 4.98 Å². The fourth-order valence-corrected chi connectivity index (χ4v) is 1.69. The minimum atomic E-state index is -0.119. The molecule has 6 nitrogen and oxygen atoms in total. The summed E-state index contributed by atoms with van der Waals surface area (Å²) in [6, 6.07) is 11.5. The predicted octanol–water partition coefficient (Wildman–Crippen LogP) is 1.28. The smallest absolute Gasteiger partial charge is 0.223 e. The summed E-state index contributed by atoms with van der Waals surface area (Å²) >= 11 is 0. The predicted molar refractivity (Wildman–Crippen MR) is 81.5 cm³/mol. The number of nitrogens with zero attached hydrogens (tertiary/aromatic N) is 3. The lowest BCUT2D eigenvalue weighted by molar-refractivity contribution is 1.28. The molecule has 0 fully saturated rings. The molecule has 2 rings (SSSR count). The highest BCUT2D eigenvalue weighted by Crippen LogP contribution is 2.21. The Bertz CT molecular complexity index is 654. The maximum absolute atomic E-state index is 5.57. The van der Waals surface area contributed by atoms with Gasteiger partial charge < -0.3 is 17.2 Å². The standard InChI is InChI=1S/C14H16N6/c1-9-6-7-18-12(8-9)10-2-4-11(5-3-10)19-14(17)20-13(15)16/h2-8H,1H3,(H6,15,16,17,19,20). The van der Waals surface area contributed by atoms with Gasteiger partial charge in [-0.15, -0.1) is 0 Å². The number of pyridine rings is 1. The SMILES string of the molecule is Cc1ccnc(-c2ccc(N=C(N)N=C(N)N)cc2)c1. The van der Waals surface area contributed by atoms with E-state index in [9.17, 15) is 0 Å². The number of aromatic nitrogens is 1. The van der Waals surface area contributed by atoms with E-state index in [4.69, 9.17) is 17.2 Å². The molecule has 0 unspecified atom stereocenters. The normalized spacial score (nSPS) is 11.2. The molecular formula is C14H16N6. The van der Waals surface area contributed by atoms with E-state index in [0.29, 0.717) is 5.69 Å². The van der Waals surface area contributed by atoms with Crippen molar-refractivity contribution < 1.29 is 0 Å². The van der Waals surface area contributed by atoms with Gasteiger partial charge in [0.1, 0.15) is 0 Å². The molecule has 20 heavy (non-hydrogen) atoms. The zero-order valence-corrected chi connectivity index (χ0v) is 11.1. The summed E-state index contributed by atoms with van der Waals surface area (Å²) in [6.45, 7) is 2.03. The van der Waals surface area contributed by atoms with Gasteiger partial charge in [-0.2, -0.15) is 4.99 Å². The van der Waals surface area contributed by atoms with E-state index in [0.717, 1.165) is 16.8 Å². The Kier molecular flexibility index (Phi) is 3.95. The van der Waals surface area contributed by atoms with E-state index in [1.54, 1.807) is 6.20 Å². The highest BCUT2D eigenvalue weighted by molar-refractivity contribution is 5.93. The van der Waals surface area contributed by atoms with Gasteiger partial charge in [-0.05, 0) is 36.8 Å². The molecule has 1 aromatic heterocycles. The van der Waals surface area contributed by atoms with Crippen molar-refractivity contribution in [2.24, 2.45) is 27.2 Å². The average molecular weight is 268 g/mol. The van der Waals surface area contributed by atoms with Crippen LogP contribution >= 0.6 is 0 Å². The number of aryl methyl sites for hydroxylation is 1. The van der Waals surface area contributed by atoms with E-state index in [1.165, 1.54) is 0 Å². The zero-order chi connectivity index (χ0) is 14.5. The van der Waals surface area contributed by atoms with Crippen molar-refractivity contribution in [3.05, 3.63) is 48.2 Å². The van der Waals surface area contributed by atoms with Crippen LogP contribution in [0.2, 0.25) is 0 Å². The van der Waals surface area contributed by atoms with Crippen LogP contribution in [0.4, 0.5) is 5.69 Å². The molecule has 6 N–H and O–H groups in total. The highest BCUT2D eigenvalue weighted by Gasteiger charge is 2.00. The molecule has 2 aromatic rings. The van der Waals surface area contributed by atoms with E-state index in [2.05, 4.69) is 15.0 Å². The van der Waals surface area contributed by atoms with Gasteiger partial charge in [0, 0.05) is 11.8 Å². The van der Waals surface area contributed by atoms with Crippen molar-refractivity contribution in [3.63, 3.8) is 0 Å². The molecule has 0 aliphatic rings. The maximum Gasteiger partial charge on any atom is 0.223 e. The van der Waals surface area contributed by atoms with Gasteiger partial charge in [0.2, 0.25) is 5.96 Å². The monoisotopic (exact) mass is 268 g/mol. The van der Waals surface area contributed by atoms with Gasteiger partial charge >= 0.3 is 0 Å². The Hall–Kier alpha value is -2.89. The fourth-order valence-electron chi connectivity index (χ4n) is 1.69. The van der Waals surface area contributed by atoms with Crippen LogP contribution < -0.4 is 17.2 Å². The average Bonchev–Trinajstić information content (AvgIpc) is 2.38. The lowest BCUT2D eigenvalue weighted by Crippen LogP contribution is -2.26. The first kappa shape index (κ1) is 13.5. The minimum absolute atomic E-state index is 0.0198. The molecule has 1 aromatic carbocycles. The Morgan fingerprint density at radius 3 is 2.35 bits per heavy atom. The van der Waals surface area contributed by atoms with Gasteiger partial charge in [0.25, 0.3) is 0 Å². The van der Waals surface area contributed by atoms with Crippen LogP contribution in [0.25, 0.3) is 11.3 Å². The Morgan fingerprint density at radius 1 is 1.05 bits per heavy atom. The molecule has 0 saturated carbocycles. The summed E-state index contributed by atoms with van der Waals surface area (Å²) in [5, 5.41) is 0. The summed E-state index contributed by atoms with van der Waals surface area (Å²) in [5.74, 6) is -0.0988. The summed E-state index contributed by atoms with van der Waals surface area (Å²) in [7, 11) is 0. The first-order chi connectivity index (χ1) is 9.54. The third-order valence-corrected chi connectivity index (χ3v) is 2.57. The van der Waals surface area contributed by atoms with E-state index < -0.39 is 0 Å². The number of hydrogen-bond acceptors (Lipinski definition) is 2. The second kappa shape index (κ2) is 5.83. The molecular weight excluding hydrogens is 252 g/mol. The molecule has 0 saturated heterocycles. The molecule has 6 heteroatoms. The van der Waals surface area contributed by atoms with Crippen molar-refractivity contribution in [2.45, 2.75) is 6.92 Å². The molecule has 102 valence electrons. The third-order valence-electron chi connectivity index (χ3n) is 2.57. The Labute approximate surface area is 117 Å². The van der Waals surface area contributed by atoms with Crippen molar-refractivity contribution in [3.8, 4) is 11.3 Å². The molecule has 0 aliphatic carbocycles. The number of benzene rings is 1. The topological polar surface area (TPSA) is 116 Å². The van der Waals surface area contributed by atoms with Gasteiger partial charge in [0.15, 0.2) is 5.96 Å². The van der Waals surface area contributed by atoms with Crippen LogP contribution in [-0.4, -0.2) is 16.9 Å². The lowest BCUT2D eigenvalue weighted by Gasteiger charge is -2.02. The van der Waals surface area contributed by atoms with Crippen LogP contribution in [0.3, 0.4) is 0 Å². The summed E-state index contributed by atoms with van der Waals surface area (Å²) < 4.78 is 0. The van der Waals surface area contributed by atoms with Crippen LogP contribution in [0.15, 0.2) is 52.6 Å². The number of guanidine groups is 2. The zero-order valence-electron chi connectivity index (χ0n) is 11.1. The summed E-state index contributed by atoms with van der Waals surface area (Å²) in [6.07, 6.45) is 1.79. The first-order valence-corrected chi connectivity index (χ1v) is 6.01. The van der Waals surface area contributed by atoms with Gasteiger partial charge in [0.05, 0.1) is 11.4 Å². The number of aliphatic imine (C=N–C) groups is 2. The molecule has 1 heterocycles. The second-order valence-electron chi connectivity index (χ2n) is 4.27. The van der Waals surface area contributed by atoms with E-state index in [1.807, 2.05) is 43.3 Å². The van der Waals surface area contributed by atoms with E-state index in [-0.39, 0.29) is 11.9 Å². The molecule has 0 radical (unpaired) electrons. The van der Waals surface area contributed by atoms with Gasteiger partial charge in [-0.25, -0.2) is 4.99 Å². The first-order valence-electron chi connectivity index (χ1n) is 6.01. The Morgan fingerprint density at radius 2 is 1.75 bits per heavy atom. The summed E-state index contributed by atoms with van der Waals surface area (Å²) in [5.41, 5.74) is 19.8. The minimum Gasteiger partial charge on any atom is -0.370 e. The third kappa shape index (κ3) is 3.55. The molecule has 0 atom stereocenters. The molecule has 0 bridgehead atoms. The largest absolute Gasteiger partial charge is 0.370 e. The molecule has 0 spiro atoms. The molecule has 0 aliphatic heterocycles. The Balaban J connectivity index is 2.25. The fraction of sp³-hybridized carbons (Fsp3) is 0.0714. The van der Waals surface area contributed by atoms with Gasteiger partial charge in [-0.1, -0.05) is 12.1 Å². The summed E-state index contributed by atoms with van der Waals surface area (Å²) in [4.78, 5) is 12.1. The molecule has 0 amide bonds. The van der Waals surface area contributed by atoms with E-state index >= 15 is 0 Å². The number of rotatable bonds is 2. The highest BCUT2D eigenvalue weighted by atomic mass is 15.1. The van der Waals surface area contributed by atoms with Crippen molar-refractivity contribution in [1.29, 1.82) is 0 Å². The lowest BCUT2D eigenvalue weighted by atomic mass is 10.1. The van der Waals surface area contributed by atoms with Gasteiger partial charge in [-0.3, -0.25) is 4.98 Å². The van der Waals surface area contributed by atoms with Crippen LogP contribution in [0.1, 0.15) is 5.56 Å². The van der Waals surface area contributed by atoms with Crippen molar-refractivity contribution >= 4 is 17.6 Å². The quantitative estimate of drug-likeness (QED) is 0.562. The second-order valence-corrected chi connectivity index (χ2v) is 4.27.